The van der Waals surface area contributed by atoms with Crippen molar-refractivity contribution in [1.29, 1.82) is 0 Å². The zero-order valence-corrected chi connectivity index (χ0v) is 18.7. The van der Waals surface area contributed by atoms with Gasteiger partial charge in [-0.25, -0.2) is 14.6 Å². The predicted octanol–water partition coefficient (Wildman–Crippen LogP) is 4.03. The van der Waals surface area contributed by atoms with Gasteiger partial charge in [0.2, 0.25) is 0 Å². The molecule has 34 heavy (non-hydrogen) atoms. The molecule has 10 nitrogen and oxygen atoms in total. The molecule has 0 spiro atoms. The zero-order valence-electron chi connectivity index (χ0n) is 18.7. The normalized spacial score (nSPS) is 12.2. The average Bonchev–Trinajstić information content (AvgIpc) is 2.87. The van der Waals surface area contributed by atoms with Gasteiger partial charge in [0.15, 0.2) is 18.4 Å². The number of nitrogens with one attached hydrogen (secondary N) is 2. The van der Waals surface area contributed by atoms with Crippen molar-refractivity contribution >= 4 is 35.0 Å². The SMILES string of the molecule is COCOc1ccc(C(=O)OC)cc1Nc1ccc2c(n1)N(C(=O)Nc1ccccc1)CCO2. The Morgan fingerprint density at radius 3 is 2.68 bits per heavy atom. The zero-order chi connectivity index (χ0) is 23.9. The standard InChI is InChI=1S/C24H24N4O6/c1-31-15-34-19-9-8-16(23(29)32-2)14-18(19)26-21-11-10-20-22(27-21)28(12-13-33-20)24(30)25-17-6-4-3-5-7-17/h3-11,14H,12-13,15H2,1-2H3,(H,25,30)(H,26,27). The minimum absolute atomic E-state index is 0.0190. The summed E-state index contributed by atoms with van der Waals surface area (Å²) in [5, 5.41) is 6.01. The van der Waals surface area contributed by atoms with Gasteiger partial charge in [-0.2, -0.15) is 0 Å². The summed E-state index contributed by atoms with van der Waals surface area (Å²) >= 11 is 0. The highest BCUT2D eigenvalue weighted by molar-refractivity contribution is 6.02. The summed E-state index contributed by atoms with van der Waals surface area (Å²) in [5.74, 6) is 1.24. The second-order valence-corrected chi connectivity index (χ2v) is 7.19. The summed E-state index contributed by atoms with van der Waals surface area (Å²) in [5.41, 5.74) is 1.48. The molecule has 3 aromatic rings. The number of carbonyl (C=O) groups excluding carboxylic acids is 2. The van der Waals surface area contributed by atoms with Crippen LogP contribution in [0, 0.1) is 0 Å². The Morgan fingerprint density at radius 1 is 1.09 bits per heavy atom. The molecular formula is C24H24N4O6. The molecule has 2 heterocycles. The Kier molecular flexibility index (Phi) is 7.09. The maximum Gasteiger partial charge on any atom is 0.337 e. The number of carbonyl (C=O) groups is 2. The van der Waals surface area contributed by atoms with Crippen LogP contribution in [-0.2, 0) is 9.47 Å². The minimum atomic E-state index is -0.489. The quantitative estimate of drug-likeness (QED) is 0.398. The second kappa shape index (κ2) is 10.5. The lowest BCUT2D eigenvalue weighted by atomic mass is 10.2. The van der Waals surface area contributed by atoms with E-state index in [0.29, 0.717) is 53.2 Å². The van der Waals surface area contributed by atoms with Gasteiger partial charge in [0.1, 0.15) is 18.2 Å². The van der Waals surface area contributed by atoms with Gasteiger partial charge >= 0.3 is 12.0 Å². The van der Waals surface area contributed by atoms with Gasteiger partial charge in [0.05, 0.1) is 24.9 Å². The molecule has 0 atom stereocenters. The van der Waals surface area contributed by atoms with Gasteiger partial charge in [-0.3, -0.25) is 4.90 Å². The lowest BCUT2D eigenvalue weighted by Crippen LogP contribution is -2.41. The third kappa shape index (κ3) is 5.18. The average molecular weight is 464 g/mol. The molecule has 4 rings (SSSR count). The molecule has 2 amide bonds. The summed E-state index contributed by atoms with van der Waals surface area (Å²) in [6.45, 7) is 0.702. The van der Waals surface area contributed by atoms with E-state index in [1.807, 2.05) is 18.2 Å². The highest BCUT2D eigenvalue weighted by atomic mass is 16.7. The van der Waals surface area contributed by atoms with Crippen molar-refractivity contribution in [1.82, 2.24) is 4.98 Å². The number of para-hydroxylation sites is 1. The van der Waals surface area contributed by atoms with Crippen LogP contribution in [0.4, 0.5) is 27.8 Å². The molecule has 0 unspecified atom stereocenters. The summed E-state index contributed by atoms with van der Waals surface area (Å²) in [6, 6.07) is 17.1. The monoisotopic (exact) mass is 464 g/mol. The number of nitrogens with zero attached hydrogens (tertiary/aromatic N) is 2. The van der Waals surface area contributed by atoms with E-state index < -0.39 is 5.97 Å². The molecule has 1 aromatic heterocycles. The number of urea groups is 1. The molecule has 1 aliphatic rings. The highest BCUT2D eigenvalue weighted by Crippen LogP contribution is 2.34. The van der Waals surface area contributed by atoms with E-state index in [1.54, 1.807) is 42.5 Å². The van der Waals surface area contributed by atoms with E-state index in [9.17, 15) is 9.59 Å². The fourth-order valence-corrected chi connectivity index (χ4v) is 3.33. The summed E-state index contributed by atoms with van der Waals surface area (Å²) in [4.78, 5) is 31.1. The first kappa shape index (κ1) is 22.9. The predicted molar refractivity (Wildman–Crippen MR) is 126 cm³/mol. The van der Waals surface area contributed by atoms with Gasteiger partial charge < -0.3 is 29.6 Å². The molecule has 0 bridgehead atoms. The Hall–Kier alpha value is -4.31. The van der Waals surface area contributed by atoms with Crippen molar-refractivity contribution in [2.24, 2.45) is 0 Å². The van der Waals surface area contributed by atoms with Gasteiger partial charge in [-0.05, 0) is 42.5 Å². The lowest BCUT2D eigenvalue weighted by molar-refractivity contribution is 0.0516. The second-order valence-electron chi connectivity index (χ2n) is 7.19. The number of amides is 2. The fourth-order valence-electron chi connectivity index (χ4n) is 3.33. The van der Waals surface area contributed by atoms with E-state index in [-0.39, 0.29) is 12.8 Å². The summed E-state index contributed by atoms with van der Waals surface area (Å²) in [7, 11) is 2.82. The third-order valence-electron chi connectivity index (χ3n) is 4.93. The van der Waals surface area contributed by atoms with E-state index in [2.05, 4.69) is 15.6 Å². The van der Waals surface area contributed by atoms with Crippen molar-refractivity contribution in [3.8, 4) is 11.5 Å². The molecule has 2 N–H and O–H groups in total. The molecule has 0 fully saturated rings. The van der Waals surface area contributed by atoms with Crippen molar-refractivity contribution in [3.63, 3.8) is 0 Å². The number of fused-ring (bicyclic) bond motifs is 1. The summed E-state index contributed by atoms with van der Waals surface area (Å²) < 4.78 is 21.1. The first-order valence-electron chi connectivity index (χ1n) is 10.5. The molecule has 0 aliphatic carbocycles. The van der Waals surface area contributed by atoms with Gasteiger partial charge in [-0.1, -0.05) is 18.2 Å². The molecule has 176 valence electrons. The molecule has 2 aromatic carbocycles. The molecule has 0 saturated heterocycles. The van der Waals surface area contributed by atoms with E-state index in [0.717, 1.165) is 0 Å². The molecular weight excluding hydrogens is 440 g/mol. The van der Waals surface area contributed by atoms with Crippen LogP contribution in [0.2, 0.25) is 0 Å². The largest absolute Gasteiger partial charge is 0.488 e. The number of ether oxygens (including phenoxy) is 4. The van der Waals surface area contributed by atoms with Crippen LogP contribution < -0.4 is 25.0 Å². The number of anilines is 4. The van der Waals surface area contributed by atoms with E-state index in [1.165, 1.54) is 19.1 Å². The van der Waals surface area contributed by atoms with Crippen LogP contribution in [0.5, 0.6) is 11.5 Å². The Labute approximate surface area is 196 Å². The first-order valence-corrected chi connectivity index (χ1v) is 10.5. The number of aromatic nitrogens is 1. The Bertz CT molecular complexity index is 1170. The topological polar surface area (TPSA) is 111 Å². The number of pyridine rings is 1. The number of esters is 1. The van der Waals surface area contributed by atoms with Gasteiger partial charge in [-0.15, -0.1) is 0 Å². The van der Waals surface area contributed by atoms with Gasteiger partial charge in [0.25, 0.3) is 0 Å². The maximum absolute atomic E-state index is 12.9. The van der Waals surface area contributed by atoms with E-state index >= 15 is 0 Å². The highest BCUT2D eigenvalue weighted by Gasteiger charge is 2.26. The Morgan fingerprint density at radius 2 is 1.91 bits per heavy atom. The van der Waals surface area contributed by atoms with Crippen molar-refractivity contribution in [3.05, 3.63) is 66.2 Å². The molecule has 1 aliphatic heterocycles. The smallest absolute Gasteiger partial charge is 0.337 e. The molecule has 0 radical (unpaired) electrons. The third-order valence-corrected chi connectivity index (χ3v) is 4.93. The van der Waals surface area contributed by atoms with Crippen LogP contribution >= 0.6 is 0 Å². The number of rotatable bonds is 7. The molecule has 0 saturated carbocycles. The van der Waals surface area contributed by atoms with Crippen LogP contribution in [0.15, 0.2) is 60.7 Å². The van der Waals surface area contributed by atoms with E-state index in [4.69, 9.17) is 18.9 Å². The van der Waals surface area contributed by atoms with Crippen molar-refractivity contribution < 1.29 is 28.5 Å². The number of methoxy groups -OCH3 is 2. The van der Waals surface area contributed by atoms with Crippen LogP contribution in [0.25, 0.3) is 0 Å². The maximum atomic E-state index is 12.9. The molecule has 10 heteroatoms. The fraction of sp³-hybridized carbons (Fsp3) is 0.208. The lowest BCUT2D eigenvalue weighted by Gasteiger charge is -2.29. The van der Waals surface area contributed by atoms with Crippen molar-refractivity contribution in [2.45, 2.75) is 0 Å². The van der Waals surface area contributed by atoms with Crippen LogP contribution in [0.1, 0.15) is 10.4 Å². The van der Waals surface area contributed by atoms with Gasteiger partial charge in [0, 0.05) is 12.8 Å². The number of benzene rings is 2. The first-order chi connectivity index (χ1) is 16.6. The minimum Gasteiger partial charge on any atom is -0.488 e. The van der Waals surface area contributed by atoms with Crippen LogP contribution in [0.3, 0.4) is 0 Å². The van der Waals surface area contributed by atoms with Crippen molar-refractivity contribution in [2.75, 3.05) is 49.7 Å². The van der Waals surface area contributed by atoms with Crippen LogP contribution in [-0.4, -0.2) is 51.1 Å². The summed E-state index contributed by atoms with van der Waals surface area (Å²) in [6.07, 6.45) is 0. The Balaban J connectivity index is 1.61. The number of hydrogen-bond acceptors (Lipinski definition) is 8. The number of hydrogen-bond donors (Lipinski definition) is 2.